The summed E-state index contributed by atoms with van der Waals surface area (Å²) >= 11 is 1.72. The number of nitrogens with zero attached hydrogens (tertiary/aromatic N) is 4. The molecule has 1 aliphatic heterocycles. The van der Waals surface area contributed by atoms with Gasteiger partial charge in [0.15, 0.2) is 5.13 Å². The maximum atomic E-state index is 5.62. The van der Waals surface area contributed by atoms with Gasteiger partial charge in [0, 0.05) is 62.0 Å². The van der Waals surface area contributed by atoms with Crippen molar-refractivity contribution < 1.29 is 4.74 Å². The molecule has 7 heteroatoms. The zero-order valence-corrected chi connectivity index (χ0v) is 17.6. The van der Waals surface area contributed by atoms with Crippen LogP contribution in [0.15, 0.2) is 29.8 Å². The van der Waals surface area contributed by atoms with Gasteiger partial charge in [-0.1, -0.05) is 12.1 Å². The largest absolute Gasteiger partial charge is 0.496 e. The van der Waals surface area contributed by atoms with Crippen LogP contribution in [0.5, 0.6) is 5.75 Å². The first-order chi connectivity index (χ1) is 13.6. The minimum absolute atomic E-state index is 0.836. The molecule has 148 valence electrons. The van der Waals surface area contributed by atoms with Gasteiger partial charge in [0.2, 0.25) is 0 Å². The molecule has 3 aromatic rings. The average molecular weight is 398 g/mol. The number of methoxy groups -OCH3 is 1. The number of hydrogen-bond donors (Lipinski definition) is 1. The molecule has 0 aliphatic carbocycles. The van der Waals surface area contributed by atoms with Gasteiger partial charge in [0.05, 0.1) is 12.8 Å². The van der Waals surface area contributed by atoms with Gasteiger partial charge >= 0.3 is 0 Å². The first-order valence-electron chi connectivity index (χ1n) is 9.67. The van der Waals surface area contributed by atoms with Gasteiger partial charge < -0.3 is 9.64 Å². The molecule has 1 N–H and O–H groups in total. The molecule has 28 heavy (non-hydrogen) atoms. The molecule has 6 nitrogen and oxygen atoms in total. The molecule has 1 aliphatic rings. The number of aromatic amines is 1. The van der Waals surface area contributed by atoms with Crippen LogP contribution in [0.3, 0.4) is 0 Å². The zero-order valence-electron chi connectivity index (χ0n) is 16.7. The van der Waals surface area contributed by atoms with Crippen molar-refractivity contribution in [3.8, 4) is 5.75 Å². The Balaban J connectivity index is 1.44. The summed E-state index contributed by atoms with van der Waals surface area (Å²) in [6.45, 7) is 9.27. The fraction of sp³-hybridized carbons (Fsp3) is 0.429. The fourth-order valence-corrected chi connectivity index (χ4v) is 4.52. The van der Waals surface area contributed by atoms with Crippen LogP contribution >= 0.6 is 11.3 Å². The van der Waals surface area contributed by atoms with E-state index in [1.807, 2.05) is 11.6 Å². The standard InChI is InChI=1S/C21H27N5OS/c1-15-19(16(2)24-23-15)13-18-12-17(4-5-20(18)27-3)14-25-7-9-26(10-8-25)21-22-6-11-28-21/h4-6,11-12H,7-10,13-14H2,1-3H3,(H,23,24). The number of rotatable bonds is 6. The highest BCUT2D eigenvalue weighted by Gasteiger charge is 2.19. The molecule has 1 fully saturated rings. The van der Waals surface area contributed by atoms with E-state index in [1.165, 1.54) is 16.7 Å². The third kappa shape index (κ3) is 4.05. The molecule has 2 aromatic heterocycles. The third-order valence-corrected chi connectivity index (χ3v) is 6.29. The van der Waals surface area contributed by atoms with E-state index in [2.05, 4.69) is 57.0 Å². The number of nitrogens with one attached hydrogen (secondary N) is 1. The summed E-state index contributed by atoms with van der Waals surface area (Å²) in [6.07, 6.45) is 2.72. The average Bonchev–Trinajstić information content (AvgIpc) is 3.35. The van der Waals surface area contributed by atoms with E-state index >= 15 is 0 Å². The van der Waals surface area contributed by atoms with Gasteiger partial charge in [0.25, 0.3) is 0 Å². The molecule has 0 bridgehead atoms. The molecule has 0 radical (unpaired) electrons. The van der Waals surface area contributed by atoms with Crippen LogP contribution in [0.2, 0.25) is 0 Å². The zero-order chi connectivity index (χ0) is 19.5. The summed E-state index contributed by atoms with van der Waals surface area (Å²) in [4.78, 5) is 9.33. The summed E-state index contributed by atoms with van der Waals surface area (Å²) in [7, 11) is 1.74. The Morgan fingerprint density at radius 1 is 1.18 bits per heavy atom. The summed E-state index contributed by atoms with van der Waals surface area (Å²) < 4.78 is 5.62. The third-order valence-electron chi connectivity index (χ3n) is 5.46. The van der Waals surface area contributed by atoms with Crippen molar-refractivity contribution >= 4 is 16.5 Å². The quantitative estimate of drug-likeness (QED) is 0.691. The highest BCUT2D eigenvalue weighted by Crippen LogP contribution is 2.26. The summed E-state index contributed by atoms with van der Waals surface area (Å²) in [5.74, 6) is 0.942. The number of aryl methyl sites for hydroxylation is 2. The Morgan fingerprint density at radius 2 is 2.00 bits per heavy atom. The molecular formula is C21H27N5OS. The van der Waals surface area contributed by atoms with Crippen LogP contribution in [0.4, 0.5) is 5.13 Å². The van der Waals surface area contributed by atoms with Crippen LogP contribution in [-0.2, 0) is 13.0 Å². The van der Waals surface area contributed by atoms with Crippen molar-refractivity contribution in [2.45, 2.75) is 26.8 Å². The molecule has 1 aromatic carbocycles. The lowest BCUT2D eigenvalue weighted by Gasteiger charge is -2.34. The molecule has 4 rings (SSSR count). The van der Waals surface area contributed by atoms with Crippen molar-refractivity contribution in [3.63, 3.8) is 0 Å². The maximum Gasteiger partial charge on any atom is 0.185 e. The van der Waals surface area contributed by atoms with Gasteiger partial charge in [-0.15, -0.1) is 11.3 Å². The van der Waals surface area contributed by atoms with Crippen LogP contribution in [0, 0.1) is 13.8 Å². The second-order valence-electron chi connectivity index (χ2n) is 7.31. The lowest BCUT2D eigenvalue weighted by atomic mass is 10.00. The predicted molar refractivity (Wildman–Crippen MR) is 113 cm³/mol. The Bertz CT molecular complexity index is 894. The summed E-state index contributed by atoms with van der Waals surface area (Å²) in [6, 6.07) is 6.57. The number of aromatic nitrogens is 3. The van der Waals surface area contributed by atoms with E-state index in [0.717, 1.165) is 61.4 Å². The highest BCUT2D eigenvalue weighted by molar-refractivity contribution is 7.13. The van der Waals surface area contributed by atoms with Crippen molar-refractivity contribution in [1.29, 1.82) is 0 Å². The van der Waals surface area contributed by atoms with Gasteiger partial charge in [-0.2, -0.15) is 5.10 Å². The van der Waals surface area contributed by atoms with Gasteiger partial charge in [-0.05, 0) is 31.0 Å². The maximum absolute atomic E-state index is 5.62. The molecule has 0 amide bonds. The van der Waals surface area contributed by atoms with Crippen LogP contribution < -0.4 is 9.64 Å². The molecule has 1 saturated heterocycles. The number of piperazine rings is 1. The van der Waals surface area contributed by atoms with Crippen molar-refractivity contribution in [2.75, 3.05) is 38.2 Å². The second kappa shape index (κ2) is 8.32. The number of thiazole rings is 1. The Labute approximate surface area is 170 Å². The number of H-pyrrole nitrogens is 1. The Kier molecular flexibility index (Phi) is 5.64. The van der Waals surface area contributed by atoms with E-state index in [0.29, 0.717) is 0 Å². The number of benzene rings is 1. The molecule has 0 spiro atoms. The van der Waals surface area contributed by atoms with E-state index in [-0.39, 0.29) is 0 Å². The molecule has 0 atom stereocenters. The van der Waals surface area contributed by atoms with Crippen LogP contribution in [0.1, 0.15) is 28.1 Å². The number of ether oxygens (including phenoxy) is 1. The molecule has 0 unspecified atom stereocenters. The van der Waals surface area contributed by atoms with E-state index in [9.17, 15) is 0 Å². The molecule has 3 heterocycles. The van der Waals surface area contributed by atoms with Crippen molar-refractivity contribution in [2.24, 2.45) is 0 Å². The van der Waals surface area contributed by atoms with Gasteiger partial charge in [-0.3, -0.25) is 10.00 Å². The monoisotopic (exact) mass is 397 g/mol. The number of anilines is 1. The van der Waals surface area contributed by atoms with Gasteiger partial charge in [0.1, 0.15) is 5.75 Å². The van der Waals surface area contributed by atoms with Crippen LogP contribution in [0.25, 0.3) is 0 Å². The second-order valence-corrected chi connectivity index (χ2v) is 8.19. The minimum atomic E-state index is 0.836. The Hall–Kier alpha value is -2.38. The fourth-order valence-electron chi connectivity index (χ4n) is 3.82. The van der Waals surface area contributed by atoms with E-state index in [1.54, 1.807) is 18.4 Å². The highest BCUT2D eigenvalue weighted by atomic mass is 32.1. The minimum Gasteiger partial charge on any atom is -0.496 e. The lowest BCUT2D eigenvalue weighted by Crippen LogP contribution is -2.45. The number of hydrogen-bond acceptors (Lipinski definition) is 6. The lowest BCUT2D eigenvalue weighted by molar-refractivity contribution is 0.249. The summed E-state index contributed by atoms with van der Waals surface area (Å²) in [5, 5.41) is 10.6. The van der Waals surface area contributed by atoms with Gasteiger partial charge in [-0.25, -0.2) is 4.98 Å². The van der Waals surface area contributed by atoms with Crippen molar-refractivity contribution in [1.82, 2.24) is 20.1 Å². The topological polar surface area (TPSA) is 57.3 Å². The Morgan fingerprint density at radius 3 is 2.64 bits per heavy atom. The predicted octanol–water partition coefficient (Wildman–Crippen LogP) is 3.40. The first kappa shape index (κ1) is 19.0. The first-order valence-corrected chi connectivity index (χ1v) is 10.5. The van der Waals surface area contributed by atoms with Crippen LogP contribution in [-0.4, -0.2) is 53.4 Å². The summed E-state index contributed by atoms with van der Waals surface area (Å²) in [5.41, 5.74) is 5.99. The molecular weight excluding hydrogens is 370 g/mol. The SMILES string of the molecule is COc1ccc(CN2CCN(c3nccs3)CC2)cc1Cc1c(C)n[nH]c1C. The smallest absolute Gasteiger partial charge is 0.185 e. The van der Waals surface area contributed by atoms with E-state index < -0.39 is 0 Å². The normalized spacial score (nSPS) is 15.2. The van der Waals surface area contributed by atoms with E-state index in [4.69, 9.17) is 4.74 Å². The molecule has 0 saturated carbocycles. The van der Waals surface area contributed by atoms with Crippen molar-refractivity contribution in [3.05, 3.63) is 57.9 Å².